The van der Waals surface area contributed by atoms with Crippen molar-refractivity contribution >= 4 is 16.9 Å². The molecule has 2 aromatic heterocycles. The molecule has 0 bridgehead atoms. The number of imidazole rings is 1. The molecule has 0 atom stereocenters. The Morgan fingerprint density at radius 2 is 2.05 bits per heavy atom. The van der Waals surface area contributed by atoms with Crippen molar-refractivity contribution in [2.75, 3.05) is 6.54 Å². The number of hydrogen-bond acceptors (Lipinski definition) is 3. The van der Waals surface area contributed by atoms with Crippen LogP contribution in [0.3, 0.4) is 0 Å². The minimum Gasteiger partial charge on any atom is -0.345 e. The van der Waals surface area contributed by atoms with Gasteiger partial charge in [-0.1, -0.05) is 0 Å². The number of pyridine rings is 1. The third-order valence-electron chi connectivity index (χ3n) is 3.46. The van der Waals surface area contributed by atoms with Gasteiger partial charge in [0.05, 0.1) is 17.4 Å². The lowest BCUT2D eigenvalue weighted by molar-refractivity contribution is 0.0752. The number of carbonyl (C=O) groups is 1. The van der Waals surface area contributed by atoms with Gasteiger partial charge in [-0.25, -0.2) is 4.98 Å². The first-order chi connectivity index (χ1) is 10.3. The van der Waals surface area contributed by atoms with Gasteiger partial charge in [-0.3, -0.25) is 9.78 Å². The summed E-state index contributed by atoms with van der Waals surface area (Å²) in [6, 6.07) is 9.38. The Hall–Kier alpha value is -2.69. The van der Waals surface area contributed by atoms with Gasteiger partial charge in [0.2, 0.25) is 0 Å². The van der Waals surface area contributed by atoms with Crippen LogP contribution in [-0.2, 0) is 6.54 Å². The van der Waals surface area contributed by atoms with Crippen molar-refractivity contribution in [3.63, 3.8) is 0 Å². The van der Waals surface area contributed by atoms with Crippen LogP contribution in [0.2, 0.25) is 0 Å². The lowest BCUT2D eigenvalue weighted by Crippen LogP contribution is -2.30. The van der Waals surface area contributed by atoms with E-state index in [1.165, 1.54) is 0 Å². The fourth-order valence-corrected chi connectivity index (χ4v) is 2.29. The Labute approximate surface area is 122 Å². The summed E-state index contributed by atoms with van der Waals surface area (Å²) < 4.78 is 0. The number of carbonyl (C=O) groups excluding carboxylic acids is 1. The molecule has 0 aliphatic heterocycles. The van der Waals surface area contributed by atoms with Gasteiger partial charge in [-0.05, 0) is 42.8 Å². The predicted molar refractivity (Wildman–Crippen MR) is 80.7 cm³/mol. The van der Waals surface area contributed by atoms with E-state index in [1.807, 2.05) is 42.2 Å². The number of nitrogens with zero attached hydrogens (tertiary/aromatic N) is 3. The highest BCUT2D eigenvalue weighted by atomic mass is 16.2. The highest BCUT2D eigenvalue weighted by molar-refractivity contribution is 5.97. The van der Waals surface area contributed by atoms with E-state index in [9.17, 15) is 4.79 Å². The summed E-state index contributed by atoms with van der Waals surface area (Å²) in [5.74, 6) is 0.0193. The van der Waals surface area contributed by atoms with Crippen LogP contribution in [-0.4, -0.2) is 32.3 Å². The standard InChI is InChI=1S/C16H16N4O/c1-2-20(10-12-5-7-17-8-6-12)16(21)13-3-4-14-15(9-13)19-11-18-14/h3-9,11H,2,10H2,1H3,(H,18,19). The van der Waals surface area contributed by atoms with Gasteiger partial charge >= 0.3 is 0 Å². The molecule has 0 saturated heterocycles. The van der Waals surface area contributed by atoms with Crippen LogP contribution in [0.15, 0.2) is 49.1 Å². The highest BCUT2D eigenvalue weighted by Gasteiger charge is 2.15. The number of hydrogen-bond donors (Lipinski definition) is 1. The maximum absolute atomic E-state index is 12.6. The molecule has 0 aliphatic carbocycles. The van der Waals surface area contributed by atoms with Crippen LogP contribution in [0.4, 0.5) is 0 Å². The molecule has 0 radical (unpaired) electrons. The van der Waals surface area contributed by atoms with Crippen molar-refractivity contribution in [3.8, 4) is 0 Å². The van der Waals surface area contributed by atoms with Gasteiger partial charge in [0.15, 0.2) is 0 Å². The van der Waals surface area contributed by atoms with Crippen molar-refractivity contribution < 1.29 is 4.79 Å². The van der Waals surface area contributed by atoms with Crippen molar-refractivity contribution in [1.82, 2.24) is 19.9 Å². The molecule has 1 N–H and O–H groups in total. The second kappa shape index (κ2) is 5.75. The lowest BCUT2D eigenvalue weighted by Gasteiger charge is -2.21. The highest BCUT2D eigenvalue weighted by Crippen LogP contribution is 2.15. The summed E-state index contributed by atoms with van der Waals surface area (Å²) in [4.78, 5) is 25.6. The fourth-order valence-electron chi connectivity index (χ4n) is 2.29. The molecule has 1 amide bonds. The van der Waals surface area contributed by atoms with Gasteiger partial charge in [0, 0.05) is 31.0 Å². The molecular formula is C16H16N4O. The molecule has 1 aromatic carbocycles. The summed E-state index contributed by atoms with van der Waals surface area (Å²) in [5.41, 5.74) is 3.48. The Balaban J connectivity index is 1.84. The number of nitrogens with one attached hydrogen (secondary N) is 1. The molecule has 0 aliphatic rings. The Morgan fingerprint density at radius 1 is 1.24 bits per heavy atom. The third kappa shape index (κ3) is 2.76. The molecule has 3 rings (SSSR count). The summed E-state index contributed by atoms with van der Waals surface area (Å²) in [6.45, 7) is 3.22. The van der Waals surface area contributed by atoms with Gasteiger partial charge in [0.1, 0.15) is 0 Å². The van der Waals surface area contributed by atoms with E-state index in [0.29, 0.717) is 18.7 Å². The molecule has 0 fully saturated rings. The van der Waals surface area contributed by atoms with Gasteiger partial charge in [-0.15, -0.1) is 0 Å². The van der Waals surface area contributed by atoms with Crippen LogP contribution >= 0.6 is 0 Å². The number of fused-ring (bicyclic) bond motifs is 1. The molecule has 0 spiro atoms. The molecular weight excluding hydrogens is 264 g/mol. The summed E-state index contributed by atoms with van der Waals surface area (Å²) in [5, 5.41) is 0. The second-order valence-electron chi connectivity index (χ2n) is 4.81. The summed E-state index contributed by atoms with van der Waals surface area (Å²) in [6.07, 6.45) is 5.11. The SMILES string of the molecule is CCN(Cc1ccncc1)C(=O)c1ccc2nc[nH]c2c1. The second-order valence-corrected chi connectivity index (χ2v) is 4.81. The predicted octanol–water partition coefficient (Wildman–Crippen LogP) is 2.62. The Morgan fingerprint density at radius 3 is 2.81 bits per heavy atom. The van der Waals surface area contributed by atoms with Crippen LogP contribution in [0.25, 0.3) is 11.0 Å². The van der Waals surface area contributed by atoms with Crippen molar-refractivity contribution in [1.29, 1.82) is 0 Å². The summed E-state index contributed by atoms with van der Waals surface area (Å²) >= 11 is 0. The van der Waals surface area contributed by atoms with E-state index in [1.54, 1.807) is 18.7 Å². The molecule has 5 nitrogen and oxygen atoms in total. The minimum absolute atomic E-state index is 0.0193. The monoisotopic (exact) mass is 280 g/mol. The van der Waals surface area contributed by atoms with Crippen molar-refractivity contribution in [2.24, 2.45) is 0 Å². The van der Waals surface area contributed by atoms with Gasteiger partial charge in [0.25, 0.3) is 5.91 Å². The van der Waals surface area contributed by atoms with Crippen LogP contribution in [0.5, 0.6) is 0 Å². The Bertz CT molecular complexity index is 751. The normalized spacial score (nSPS) is 10.7. The number of amides is 1. The van der Waals surface area contributed by atoms with Crippen molar-refractivity contribution in [3.05, 3.63) is 60.2 Å². The van der Waals surface area contributed by atoms with Crippen LogP contribution < -0.4 is 0 Å². The van der Waals surface area contributed by atoms with Gasteiger partial charge < -0.3 is 9.88 Å². The first-order valence-electron chi connectivity index (χ1n) is 6.89. The maximum Gasteiger partial charge on any atom is 0.254 e. The zero-order chi connectivity index (χ0) is 14.7. The molecule has 3 aromatic rings. The van der Waals surface area contributed by atoms with E-state index in [4.69, 9.17) is 0 Å². The first-order valence-corrected chi connectivity index (χ1v) is 6.89. The number of H-pyrrole nitrogens is 1. The first kappa shape index (κ1) is 13.3. The molecule has 21 heavy (non-hydrogen) atoms. The summed E-state index contributed by atoms with van der Waals surface area (Å²) in [7, 11) is 0. The average Bonchev–Trinajstić information content (AvgIpc) is 3.00. The molecule has 0 saturated carbocycles. The topological polar surface area (TPSA) is 61.9 Å². The smallest absolute Gasteiger partial charge is 0.254 e. The molecule has 2 heterocycles. The largest absolute Gasteiger partial charge is 0.345 e. The maximum atomic E-state index is 12.6. The quantitative estimate of drug-likeness (QED) is 0.799. The van der Waals surface area contributed by atoms with Crippen LogP contribution in [0, 0.1) is 0 Å². The average molecular weight is 280 g/mol. The fraction of sp³-hybridized carbons (Fsp3) is 0.188. The van der Waals surface area contributed by atoms with E-state index in [-0.39, 0.29) is 5.91 Å². The number of rotatable bonds is 4. The van der Waals surface area contributed by atoms with Crippen LogP contribution in [0.1, 0.15) is 22.8 Å². The van der Waals surface area contributed by atoms with Crippen molar-refractivity contribution in [2.45, 2.75) is 13.5 Å². The number of aromatic nitrogens is 3. The van der Waals surface area contributed by atoms with E-state index < -0.39 is 0 Å². The zero-order valence-corrected chi connectivity index (χ0v) is 11.8. The van der Waals surface area contributed by atoms with Gasteiger partial charge in [-0.2, -0.15) is 0 Å². The number of benzene rings is 1. The number of aromatic amines is 1. The molecule has 106 valence electrons. The van der Waals surface area contributed by atoms with E-state index >= 15 is 0 Å². The lowest BCUT2D eigenvalue weighted by atomic mass is 10.1. The zero-order valence-electron chi connectivity index (χ0n) is 11.8. The Kier molecular flexibility index (Phi) is 3.64. The van der Waals surface area contributed by atoms with E-state index in [2.05, 4.69) is 15.0 Å². The molecule has 0 unspecified atom stereocenters. The molecule has 5 heteroatoms. The van der Waals surface area contributed by atoms with E-state index in [0.717, 1.165) is 16.6 Å². The third-order valence-corrected chi connectivity index (χ3v) is 3.46. The minimum atomic E-state index is 0.0193.